The van der Waals surface area contributed by atoms with Gasteiger partial charge in [0.1, 0.15) is 11.5 Å². The summed E-state index contributed by atoms with van der Waals surface area (Å²) in [6.07, 6.45) is 20.0. The summed E-state index contributed by atoms with van der Waals surface area (Å²) in [5, 5.41) is 0. The van der Waals surface area contributed by atoms with E-state index in [9.17, 15) is 4.79 Å². The minimum Gasteiger partial charge on any atom is -0.494 e. The van der Waals surface area contributed by atoms with E-state index >= 15 is 0 Å². The Bertz CT molecular complexity index is 844. The molecule has 38 heavy (non-hydrogen) atoms. The Kier molecular flexibility index (Phi) is 17.3. The van der Waals surface area contributed by atoms with E-state index in [-0.39, 0.29) is 12.1 Å². The number of rotatable bonds is 22. The summed E-state index contributed by atoms with van der Waals surface area (Å²) in [4.78, 5) is 12.4. The van der Waals surface area contributed by atoms with E-state index in [1.54, 1.807) is 24.3 Å². The van der Waals surface area contributed by atoms with Crippen LogP contribution < -0.4 is 9.47 Å². The molecule has 4 nitrogen and oxygen atoms in total. The zero-order valence-electron chi connectivity index (χ0n) is 24.3. The highest BCUT2D eigenvalue weighted by Crippen LogP contribution is 2.22. The number of hydrogen-bond donors (Lipinski definition) is 0. The number of benzene rings is 2. The van der Waals surface area contributed by atoms with Crippen molar-refractivity contribution in [3.63, 3.8) is 0 Å². The lowest BCUT2D eigenvalue weighted by atomic mass is 10.0. The topological polar surface area (TPSA) is 44.8 Å². The third kappa shape index (κ3) is 14.0. The second kappa shape index (κ2) is 20.6. The largest absolute Gasteiger partial charge is 0.494 e. The van der Waals surface area contributed by atoms with Crippen LogP contribution in [-0.2, 0) is 4.74 Å². The summed E-state index contributed by atoms with van der Waals surface area (Å²) in [5.74, 6) is 0.918. The maximum absolute atomic E-state index is 12.4. The van der Waals surface area contributed by atoms with Gasteiger partial charge in [-0.25, -0.2) is 4.79 Å². The van der Waals surface area contributed by atoms with Crippen LogP contribution in [0.15, 0.2) is 48.5 Å². The molecule has 0 amide bonds. The molecule has 2 aromatic rings. The van der Waals surface area contributed by atoms with Gasteiger partial charge in [0, 0.05) is 6.61 Å². The van der Waals surface area contributed by atoms with Gasteiger partial charge < -0.3 is 14.2 Å². The van der Waals surface area contributed by atoms with Crippen LogP contribution in [0, 0.1) is 0 Å². The molecule has 0 spiro atoms. The monoisotopic (exact) mass is 524 g/mol. The van der Waals surface area contributed by atoms with Crippen molar-refractivity contribution in [2.45, 2.75) is 123 Å². The van der Waals surface area contributed by atoms with Crippen LogP contribution in [0.3, 0.4) is 0 Å². The zero-order chi connectivity index (χ0) is 27.3. The summed E-state index contributed by atoms with van der Waals surface area (Å²) in [6, 6.07) is 14.7. The maximum atomic E-state index is 12.4. The Hall–Kier alpha value is -2.33. The highest BCUT2D eigenvalue weighted by atomic mass is 16.5. The average Bonchev–Trinajstić information content (AvgIpc) is 2.94. The molecule has 0 saturated heterocycles. The first-order chi connectivity index (χ1) is 18.6. The molecule has 0 saturated carbocycles. The Morgan fingerprint density at radius 1 is 0.605 bits per heavy atom. The standard InChI is InChI=1S/C34H52O4/c1-4-6-7-8-9-10-11-12-13-14-15-16-17-18-28-36-29(3)30-19-25-33(26-20-30)38-34(35)31-21-23-32(24-22-31)37-27-5-2/h19-26,29H,4-18,27-28H2,1-3H3. The van der Waals surface area contributed by atoms with Crippen molar-refractivity contribution >= 4 is 5.97 Å². The molecule has 212 valence electrons. The molecule has 1 atom stereocenters. The van der Waals surface area contributed by atoms with Crippen LogP contribution >= 0.6 is 0 Å². The van der Waals surface area contributed by atoms with E-state index in [2.05, 4.69) is 20.8 Å². The van der Waals surface area contributed by atoms with E-state index in [1.807, 2.05) is 24.3 Å². The fraction of sp³-hybridized carbons (Fsp3) is 0.618. The third-order valence-electron chi connectivity index (χ3n) is 6.99. The first-order valence-electron chi connectivity index (χ1n) is 15.3. The number of carbonyl (C=O) groups excluding carboxylic acids is 1. The summed E-state index contributed by atoms with van der Waals surface area (Å²) < 4.78 is 17.1. The van der Waals surface area contributed by atoms with Gasteiger partial charge in [-0.15, -0.1) is 0 Å². The average molecular weight is 525 g/mol. The molecule has 2 aromatic carbocycles. The Balaban J connectivity index is 1.51. The molecule has 2 rings (SSSR count). The molecule has 0 bridgehead atoms. The predicted octanol–water partition coefficient (Wildman–Crippen LogP) is 10.3. The Morgan fingerprint density at radius 3 is 1.63 bits per heavy atom. The molecule has 0 N–H and O–H groups in total. The second-order valence-corrected chi connectivity index (χ2v) is 10.4. The quantitative estimate of drug-likeness (QED) is 0.0873. The number of esters is 1. The SMILES string of the molecule is CCCCCCCCCCCCCCCCOC(C)c1ccc(OC(=O)c2ccc(OCCC)cc2)cc1. The molecule has 1 unspecified atom stereocenters. The number of carbonyl (C=O) groups is 1. The van der Waals surface area contributed by atoms with E-state index in [0.717, 1.165) is 30.8 Å². The van der Waals surface area contributed by atoms with E-state index in [1.165, 1.54) is 83.5 Å². The van der Waals surface area contributed by atoms with Gasteiger partial charge >= 0.3 is 5.97 Å². The van der Waals surface area contributed by atoms with Gasteiger partial charge in [-0.1, -0.05) is 109 Å². The molecule has 0 aliphatic rings. The Labute approximate surface area is 232 Å². The molecule has 0 aliphatic carbocycles. The molecule has 0 radical (unpaired) electrons. The Morgan fingerprint density at radius 2 is 1.11 bits per heavy atom. The van der Waals surface area contributed by atoms with Gasteiger partial charge in [-0.2, -0.15) is 0 Å². The van der Waals surface area contributed by atoms with Crippen molar-refractivity contribution < 1.29 is 19.0 Å². The smallest absolute Gasteiger partial charge is 0.343 e. The molecule has 0 aliphatic heterocycles. The first-order valence-corrected chi connectivity index (χ1v) is 15.3. The summed E-state index contributed by atoms with van der Waals surface area (Å²) in [5.41, 5.74) is 1.59. The van der Waals surface area contributed by atoms with Gasteiger partial charge in [-0.3, -0.25) is 0 Å². The second-order valence-electron chi connectivity index (χ2n) is 10.4. The van der Waals surface area contributed by atoms with E-state index in [4.69, 9.17) is 14.2 Å². The van der Waals surface area contributed by atoms with Crippen LogP contribution in [0.1, 0.15) is 139 Å². The van der Waals surface area contributed by atoms with Crippen LogP contribution in [0.2, 0.25) is 0 Å². The fourth-order valence-corrected chi connectivity index (χ4v) is 4.53. The van der Waals surface area contributed by atoms with Gasteiger partial charge in [0.25, 0.3) is 0 Å². The lowest BCUT2D eigenvalue weighted by Crippen LogP contribution is -2.08. The van der Waals surface area contributed by atoms with Crippen LogP contribution in [-0.4, -0.2) is 19.2 Å². The maximum Gasteiger partial charge on any atom is 0.343 e. The molecule has 0 fully saturated rings. The van der Waals surface area contributed by atoms with Gasteiger partial charge in [-0.05, 0) is 61.7 Å². The van der Waals surface area contributed by atoms with Crippen molar-refractivity contribution in [1.82, 2.24) is 0 Å². The summed E-state index contributed by atoms with van der Waals surface area (Å²) >= 11 is 0. The lowest BCUT2D eigenvalue weighted by molar-refractivity contribution is 0.0627. The molecular formula is C34H52O4. The third-order valence-corrected chi connectivity index (χ3v) is 6.99. The van der Waals surface area contributed by atoms with Crippen LogP contribution in [0.4, 0.5) is 0 Å². The van der Waals surface area contributed by atoms with Crippen LogP contribution in [0.5, 0.6) is 11.5 Å². The zero-order valence-corrected chi connectivity index (χ0v) is 24.3. The lowest BCUT2D eigenvalue weighted by Gasteiger charge is -2.14. The van der Waals surface area contributed by atoms with Crippen molar-refractivity contribution in [3.8, 4) is 11.5 Å². The van der Waals surface area contributed by atoms with Crippen LogP contribution in [0.25, 0.3) is 0 Å². The van der Waals surface area contributed by atoms with Crippen molar-refractivity contribution in [3.05, 3.63) is 59.7 Å². The number of hydrogen-bond acceptors (Lipinski definition) is 4. The highest BCUT2D eigenvalue weighted by Gasteiger charge is 2.11. The first kappa shape index (κ1) is 31.9. The minimum atomic E-state index is -0.373. The fourth-order valence-electron chi connectivity index (χ4n) is 4.53. The molecule has 4 heteroatoms. The number of ether oxygens (including phenoxy) is 3. The summed E-state index contributed by atoms with van der Waals surface area (Å²) in [7, 11) is 0. The summed E-state index contributed by atoms with van der Waals surface area (Å²) in [6.45, 7) is 7.87. The van der Waals surface area contributed by atoms with Crippen molar-refractivity contribution in [1.29, 1.82) is 0 Å². The molecule has 0 aromatic heterocycles. The van der Waals surface area contributed by atoms with Gasteiger partial charge in [0.2, 0.25) is 0 Å². The van der Waals surface area contributed by atoms with Crippen molar-refractivity contribution in [2.24, 2.45) is 0 Å². The predicted molar refractivity (Wildman–Crippen MR) is 158 cm³/mol. The van der Waals surface area contributed by atoms with Gasteiger partial charge in [0.05, 0.1) is 18.3 Å². The normalized spacial score (nSPS) is 11.9. The van der Waals surface area contributed by atoms with Crippen molar-refractivity contribution in [2.75, 3.05) is 13.2 Å². The number of unbranched alkanes of at least 4 members (excludes halogenated alkanes) is 13. The molecule has 0 heterocycles. The van der Waals surface area contributed by atoms with E-state index in [0.29, 0.717) is 17.9 Å². The highest BCUT2D eigenvalue weighted by molar-refractivity contribution is 5.91. The van der Waals surface area contributed by atoms with Gasteiger partial charge in [0.15, 0.2) is 0 Å². The minimum absolute atomic E-state index is 0.0254. The molecular weight excluding hydrogens is 472 g/mol. The van der Waals surface area contributed by atoms with E-state index < -0.39 is 0 Å².